The third kappa shape index (κ3) is 2.99. The van der Waals surface area contributed by atoms with Crippen LogP contribution in [0.2, 0.25) is 0 Å². The van der Waals surface area contributed by atoms with Crippen LogP contribution in [-0.2, 0) is 5.60 Å². The lowest BCUT2D eigenvalue weighted by Gasteiger charge is -2.52. The topological polar surface area (TPSA) is 70.7 Å². The predicted molar refractivity (Wildman–Crippen MR) is 112 cm³/mol. The number of hydrogen-bond acceptors (Lipinski definition) is 4. The summed E-state index contributed by atoms with van der Waals surface area (Å²) in [6, 6.07) is 11.7. The van der Waals surface area contributed by atoms with E-state index in [2.05, 4.69) is 25.9 Å². The van der Waals surface area contributed by atoms with Crippen LogP contribution < -0.4 is 0 Å². The fourth-order valence-corrected chi connectivity index (χ4v) is 5.65. The molecule has 6 nitrogen and oxygen atoms in total. The summed E-state index contributed by atoms with van der Waals surface area (Å²) in [5.74, 6) is 0.310. The van der Waals surface area contributed by atoms with Crippen LogP contribution in [0.3, 0.4) is 0 Å². The molecule has 1 aliphatic carbocycles. The Hall–Kier alpha value is -2.25. The molecule has 29 heavy (non-hydrogen) atoms. The van der Waals surface area contributed by atoms with Gasteiger partial charge in [-0.2, -0.15) is 0 Å². The van der Waals surface area contributed by atoms with Crippen LogP contribution in [0, 0.1) is 5.92 Å². The lowest BCUT2D eigenvalue weighted by molar-refractivity contribution is -0.110. The highest BCUT2D eigenvalue weighted by Gasteiger charge is 2.50. The van der Waals surface area contributed by atoms with Crippen molar-refractivity contribution in [3.63, 3.8) is 0 Å². The van der Waals surface area contributed by atoms with E-state index in [1.54, 1.807) is 16.7 Å². The van der Waals surface area contributed by atoms with Crippen molar-refractivity contribution in [2.75, 3.05) is 6.54 Å². The molecule has 1 amide bonds. The van der Waals surface area contributed by atoms with Crippen molar-refractivity contribution in [2.45, 2.75) is 43.7 Å². The maximum atomic E-state index is 13.5. The van der Waals surface area contributed by atoms with Gasteiger partial charge in [0.25, 0.3) is 5.91 Å². The van der Waals surface area contributed by atoms with Crippen molar-refractivity contribution in [3.05, 3.63) is 64.8 Å². The molecule has 1 saturated carbocycles. The predicted octanol–water partition coefficient (Wildman–Crippen LogP) is 3.78. The SMILES string of the molecule is O=C(c1nc(Br)c2ncccn12)N1CC[C@@](O)(c2ccccc2)[C@@H]2CCCCC21. The molecule has 0 spiro atoms. The van der Waals surface area contributed by atoms with E-state index in [1.807, 2.05) is 41.4 Å². The second kappa shape index (κ2) is 7.22. The summed E-state index contributed by atoms with van der Waals surface area (Å²) < 4.78 is 2.31. The van der Waals surface area contributed by atoms with Crippen molar-refractivity contribution in [3.8, 4) is 0 Å². The minimum absolute atomic E-state index is 0.0120. The molecule has 1 aromatic carbocycles. The van der Waals surface area contributed by atoms with E-state index in [-0.39, 0.29) is 17.9 Å². The van der Waals surface area contributed by atoms with Gasteiger partial charge in [0.05, 0.1) is 5.60 Å². The lowest BCUT2D eigenvalue weighted by atomic mass is 9.66. The largest absolute Gasteiger partial charge is 0.385 e. The average Bonchev–Trinajstić information content (AvgIpc) is 3.11. The van der Waals surface area contributed by atoms with Crippen LogP contribution in [0.5, 0.6) is 0 Å². The first-order valence-corrected chi connectivity index (χ1v) is 11.0. The zero-order valence-corrected chi connectivity index (χ0v) is 17.6. The Kier molecular flexibility index (Phi) is 4.67. The van der Waals surface area contributed by atoms with Gasteiger partial charge < -0.3 is 10.0 Å². The van der Waals surface area contributed by atoms with Crippen molar-refractivity contribution < 1.29 is 9.90 Å². The Balaban J connectivity index is 1.51. The molecule has 3 heterocycles. The second-order valence-corrected chi connectivity index (χ2v) is 8.79. The fraction of sp³-hybridized carbons (Fsp3) is 0.409. The first-order valence-electron chi connectivity index (χ1n) is 10.2. The molecule has 3 atom stereocenters. The summed E-state index contributed by atoms with van der Waals surface area (Å²) in [7, 11) is 0. The number of rotatable bonds is 2. The standard InChI is InChI=1S/C22H23BrN4O2/c23-18-19-24-12-6-13-27(19)20(25-18)21(28)26-14-11-22(29,15-7-2-1-3-8-15)16-9-4-5-10-17(16)26/h1-3,6-8,12-13,16-17,29H,4-5,9-11,14H2/t16-,17?,22-/m1/s1. The number of likely N-dealkylation sites (tertiary alicyclic amines) is 1. The normalized spacial score (nSPS) is 27.0. The minimum Gasteiger partial charge on any atom is -0.385 e. The van der Waals surface area contributed by atoms with E-state index in [0.29, 0.717) is 29.0 Å². The molecule has 3 aromatic rings. The first-order chi connectivity index (χ1) is 14.1. The van der Waals surface area contributed by atoms with Gasteiger partial charge in [-0.05, 0) is 46.8 Å². The molecule has 1 unspecified atom stereocenters. The Bertz CT molecular complexity index is 1050. The molecular weight excluding hydrogens is 432 g/mol. The molecule has 2 fully saturated rings. The average molecular weight is 455 g/mol. The van der Waals surface area contributed by atoms with Gasteiger partial charge in [0.1, 0.15) is 0 Å². The van der Waals surface area contributed by atoms with Gasteiger partial charge in [0, 0.05) is 30.9 Å². The number of fused-ring (bicyclic) bond motifs is 2. The monoisotopic (exact) mass is 454 g/mol. The number of benzene rings is 1. The van der Waals surface area contributed by atoms with Gasteiger partial charge in [-0.3, -0.25) is 9.20 Å². The zero-order chi connectivity index (χ0) is 20.0. The second-order valence-electron chi connectivity index (χ2n) is 8.04. The smallest absolute Gasteiger partial charge is 0.290 e. The van der Waals surface area contributed by atoms with Crippen molar-refractivity contribution in [1.29, 1.82) is 0 Å². The molecule has 7 heteroatoms. The van der Waals surface area contributed by atoms with Gasteiger partial charge in [-0.25, -0.2) is 9.97 Å². The zero-order valence-electron chi connectivity index (χ0n) is 16.0. The van der Waals surface area contributed by atoms with Crippen LogP contribution in [0.15, 0.2) is 53.4 Å². The van der Waals surface area contributed by atoms with Crippen LogP contribution in [-0.4, -0.2) is 42.9 Å². The first kappa shape index (κ1) is 18.8. The summed E-state index contributed by atoms with van der Waals surface area (Å²) >= 11 is 3.42. The van der Waals surface area contributed by atoms with E-state index in [9.17, 15) is 9.90 Å². The molecular formula is C22H23BrN4O2. The number of halogens is 1. The third-order valence-corrected chi connectivity index (χ3v) is 7.10. The van der Waals surface area contributed by atoms with E-state index in [0.717, 1.165) is 31.2 Å². The Morgan fingerprint density at radius 2 is 1.97 bits per heavy atom. The third-order valence-electron chi connectivity index (χ3n) is 6.57. The van der Waals surface area contributed by atoms with E-state index in [4.69, 9.17) is 0 Å². The van der Waals surface area contributed by atoms with Crippen molar-refractivity contribution in [1.82, 2.24) is 19.3 Å². The minimum atomic E-state index is -0.889. The van der Waals surface area contributed by atoms with Gasteiger partial charge in [-0.1, -0.05) is 43.2 Å². The van der Waals surface area contributed by atoms with Crippen LogP contribution in [0.4, 0.5) is 0 Å². The van der Waals surface area contributed by atoms with Gasteiger partial charge in [0.2, 0.25) is 5.82 Å². The van der Waals surface area contributed by atoms with Gasteiger partial charge in [0.15, 0.2) is 10.3 Å². The highest BCUT2D eigenvalue weighted by atomic mass is 79.9. The fourth-order valence-electron chi connectivity index (χ4n) is 5.19. The number of amides is 1. The molecule has 2 aromatic heterocycles. The summed E-state index contributed by atoms with van der Waals surface area (Å²) in [5.41, 5.74) is 0.705. The summed E-state index contributed by atoms with van der Waals surface area (Å²) in [5, 5.41) is 11.7. The number of aromatic nitrogens is 3. The maximum Gasteiger partial charge on any atom is 0.290 e. The van der Waals surface area contributed by atoms with E-state index in [1.165, 1.54) is 0 Å². The number of carbonyl (C=O) groups excluding carboxylic acids is 1. The lowest BCUT2D eigenvalue weighted by Crippen LogP contribution is -2.59. The van der Waals surface area contributed by atoms with Crippen LogP contribution in [0.1, 0.15) is 48.3 Å². The van der Waals surface area contributed by atoms with Crippen molar-refractivity contribution in [2.24, 2.45) is 5.92 Å². The molecule has 1 saturated heterocycles. The Labute approximate surface area is 177 Å². The summed E-state index contributed by atoms with van der Waals surface area (Å²) in [6.07, 6.45) is 8.03. The van der Waals surface area contributed by atoms with E-state index < -0.39 is 5.60 Å². The molecule has 0 bridgehead atoms. The molecule has 5 rings (SSSR count). The number of nitrogens with zero attached hydrogens (tertiary/aromatic N) is 4. The Morgan fingerprint density at radius 3 is 2.79 bits per heavy atom. The molecule has 0 radical (unpaired) electrons. The number of piperidine rings is 1. The number of carbonyl (C=O) groups is 1. The summed E-state index contributed by atoms with van der Waals surface area (Å²) in [6.45, 7) is 0.512. The van der Waals surface area contributed by atoms with E-state index >= 15 is 0 Å². The van der Waals surface area contributed by atoms with Gasteiger partial charge in [-0.15, -0.1) is 0 Å². The van der Waals surface area contributed by atoms with Crippen LogP contribution >= 0.6 is 15.9 Å². The molecule has 150 valence electrons. The molecule has 1 aliphatic heterocycles. The summed E-state index contributed by atoms with van der Waals surface area (Å²) in [4.78, 5) is 24.3. The van der Waals surface area contributed by atoms with Gasteiger partial charge >= 0.3 is 0 Å². The Morgan fingerprint density at radius 1 is 1.17 bits per heavy atom. The molecule has 2 aliphatic rings. The number of hydrogen-bond donors (Lipinski definition) is 1. The highest BCUT2D eigenvalue weighted by molar-refractivity contribution is 9.10. The number of imidazole rings is 1. The molecule has 1 N–H and O–H groups in total. The quantitative estimate of drug-likeness (QED) is 0.639. The maximum absolute atomic E-state index is 13.5. The van der Waals surface area contributed by atoms with Crippen molar-refractivity contribution >= 4 is 27.5 Å². The highest BCUT2D eigenvalue weighted by Crippen LogP contribution is 2.47. The van der Waals surface area contributed by atoms with Crippen LogP contribution in [0.25, 0.3) is 5.65 Å². The number of aliphatic hydroxyl groups is 1.